The normalized spacial score (nSPS) is 14.5. The molecular weight excluding hydrogens is 687 g/mol. The second kappa shape index (κ2) is 5.96. The fraction of sp³-hybridized carbons (Fsp3) is 1.00. The topological polar surface area (TPSA) is 0 Å². The molecule has 0 aliphatic rings. The molecule has 0 heterocycles. The third-order valence-electron chi connectivity index (χ3n) is 0.993. The van der Waals surface area contributed by atoms with E-state index in [0.717, 1.165) is 0 Å². The predicted octanol–water partition coefficient (Wildman–Crippen LogP) is 6.19. The fourth-order valence-electron chi connectivity index (χ4n) is 0.291. The molecule has 0 rings (SSSR count). The zero-order valence-corrected chi connectivity index (χ0v) is 17.9. The Bertz CT molecular complexity index is 131. The van der Waals surface area contributed by atoms with Crippen molar-refractivity contribution in [3.05, 3.63) is 0 Å². The molecule has 0 bridgehead atoms. The second-order valence-corrected chi connectivity index (χ2v) is 15.1. The van der Waals surface area contributed by atoms with Gasteiger partial charge in [0.1, 0.15) is 6.47 Å². The van der Waals surface area contributed by atoms with Crippen molar-refractivity contribution in [2.45, 2.75) is 13.9 Å². The van der Waals surface area contributed by atoms with Crippen molar-refractivity contribution in [2.24, 2.45) is 0 Å². The molecule has 0 aromatic rings. The summed E-state index contributed by atoms with van der Waals surface area (Å²) in [6.07, 6.45) is 0. The molecule has 0 saturated carbocycles. The quantitative estimate of drug-likeness (QED) is 0.311. The van der Waals surface area contributed by atoms with Crippen LogP contribution in [0.15, 0.2) is 0 Å². The molecule has 12 heavy (non-hydrogen) atoms. The fourth-order valence-corrected chi connectivity index (χ4v) is 5.11. The van der Waals surface area contributed by atoms with Crippen molar-refractivity contribution in [3.63, 3.8) is 0 Å². The molecule has 0 atom stereocenters. The van der Waals surface area contributed by atoms with Gasteiger partial charge in [-0.15, -0.1) is 0 Å². The average Bonchev–Trinajstić information content (AvgIpc) is 1.86. The third-order valence-corrected chi connectivity index (χ3v) is 15.1. The Morgan fingerprint density at radius 2 is 0.750 bits per heavy atom. The van der Waals surface area contributed by atoms with E-state index in [1.807, 2.05) is 0 Å². The molecule has 0 aromatic carbocycles. The minimum Gasteiger partial charge on any atom is -0.0739 e. The molecule has 8 heteroatoms. The minimum atomic E-state index is -0.384. The van der Waals surface area contributed by atoms with E-state index in [1.165, 1.54) is 0 Å². The van der Waals surface area contributed by atoms with Crippen LogP contribution >= 0.6 is 127 Å². The van der Waals surface area contributed by atoms with Gasteiger partial charge in [-0.05, 0) is 0 Å². The van der Waals surface area contributed by atoms with Crippen LogP contribution in [0.4, 0.5) is 0 Å². The van der Waals surface area contributed by atoms with Crippen molar-refractivity contribution in [1.29, 1.82) is 0 Å². The smallest absolute Gasteiger partial charge is 0.0739 e. The molecule has 0 amide bonds. The summed E-state index contributed by atoms with van der Waals surface area (Å²) in [4.78, 5) is 0. The van der Waals surface area contributed by atoms with E-state index in [-0.39, 0.29) is 13.9 Å². The van der Waals surface area contributed by atoms with E-state index in [1.54, 1.807) is 0 Å². The summed E-state index contributed by atoms with van der Waals surface area (Å²) in [5, 5.41) is 0. The number of hydrogen-bond acceptors (Lipinski definition) is 0. The molecule has 0 nitrogen and oxygen atoms in total. The lowest BCUT2D eigenvalue weighted by molar-refractivity contribution is 0.866. The zero-order valence-electron chi connectivity index (χ0n) is 5.18. The van der Waals surface area contributed by atoms with Gasteiger partial charge in [0.2, 0.25) is 0 Å². The lowest BCUT2D eigenvalue weighted by Gasteiger charge is -2.37. The van der Waals surface area contributed by atoms with Gasteiger partial charge in [0, 0.05) is 0 Å². The van der Waals surface area contributed by atoms with Crippen LogP contribution < -0.4 is 0 Å². The van der Waals surface area contributed by atoms with E-state index < -0.39 is 0 Å². The van der Waals surface area contributed by atoms with Crippen molar-refractivity contribution in [1.82, 2.24) is 0 Å². The standard InChI is InChI=1S/C4H2Br8/c5-1(6)3(9,10)4(11,12)2(7)8/h1-2H. The number of rotatable bonds is 3. The van der Waals surface area contributed by atoms with Gasteiger partial charge < -0.3 is 0 Å². The van der Waals surface area contributed by atoms with Crippen LogP contribution in [0.1, 0.15) is 0 Å². The van der Waals surface area contributed by atoms with Crippen LogP contribution in [0.3, 0.4) is 0 Å². The molecule has 0 aliphatic carbocycles. The molecule has 0 fully saturated rings. The van der Waals surface area contributed by atoms with Crippen molar-refractivity contribution in [2.75, 3.05) is 0 Å². The first-order chi connectivity index (χ1) is 5.14. The molecule has 0 spiro atoms. The lowest BCUT2D eigenvalue weighted by atomic mass is 10.4. The summed E-state index contributed by atoms with van der Waals surface area (Å²) < 4.78 is -0.669. The highest BCUT2D eigenvalue weighted by atomic mass is 79.9. The molecular formula is C4H2Br8. The predicted molar refractivity (Wildman–Crippen MR) is 84.5 cm³/mol. The maximum absolute atomic E-state index is 3.54. The Morgan fingerprint density at radius 3 is 0.833 bits per heavy atom. The monoisotopic (exact) mass is 681 g/mol. The Hall–Kier alpha value is 3.84. The van der Waals surface area contributed by atoms with Gasteiger partial charge in [0.05, 0.1) is 7.47 Å². The van der Waals surface area contributed by atoms with Gasteiger partial charge in [-0.3, -0.25) is 0 Å². The van der Waals surface area contributed by atoms with E-state index in [4.69, 9.17) is 0 Å². The molecule has 0 aromatic heterocycles. The van der Waals surface area contributed by atoms with E-state index in [0.29, 0.717) is 0 Å². The summed E-state index contributed by atoms with van der Waals surface area (Å²) in [6, 6.07) is 0. The van der Waals surface area contributed by atoms with Gasteiger partial charge in [0.25, 0.3) is 0 Å². The van der Waals surface area contributed by atoms with Crippen molar-refractivity contribution < 1.29 is 0 Å². The molecule has 0 unspecified atom stereocenters. The Balaban J connectivity index is 4.75. The highest BCUT2D eigenvalue weighted by Crippen LogP contribution is 2.58. The minimum absolute atomic E-state index is 0.0499. The molecule has 0 N–H and O–H groups in total. The highest BCUT2D eigenvalue weighted by Gasteiger charge is 2.52. The maximum Gasteiger partial charge on any atom is 0.129 e. The first-order valence-corrected chi connectivity index (χ1v) is 9.29. The summed E-state index contributed by atoms with van der Waals surface area (Å²) >= 11 is 27.8. The van der Waals surface area contributed by atoms with Crippen molar-refractivity contribution >= 4 is 127 Å². The van der Waals surface area contributed by atoms with Crippen LogP contribution in [0.2, 0.25) is 0 Å². The first-order valence-electron chi connectivity index (χ1n) is 2.46. The van der Waals surface area contributed by atoms with Gasteiger partial charge in [0.15, 0.2) is 0 Å². The molecule has 0 radical (unpaired) electrons. The van der Waals surface area contributed by atoms with Crippen LogP contribution in [-0.4, -0.2) is 13.9 Å². The second-order valence-electron chi connectivity index (χ2n) is 1.85. The summed E-state index contributed by atoms with van der Waals surface area (Å²) in [7, 11) is 0. The van der Waals surface area contributed by atoms with Crippen LogP contribution in [0.25, 0.3) is 0 Å². The van der Waals surface area contributed by atoms with Crippen molar-refractivity contribution in [3.8, 4) is 0 Å². The van der Waals surface area contributed by atoms with E-state index >= 15 is 0 Å². The highest BCUT2D eigenvalue weighted by molar-refractivity contribution is 9.34. The van der Waals surface area contributed by atoms with Gasteiger partial charge in [-0.25, -0.2) is 0 Å². The SMILES string of the molecule is BrC(Br)C(Br)(Br)C(Br)(Br)C(Br)Br. The zero-order chi connectivity index (χ0) is 10.2. The number of alkyl halides is 8. The Kier molecular flexibility index (Phi) is 7.87. The van der Waals surface area contributed by atoms with Gasteiger partial charge >= 0.3 is 0 Å². The molecule has 0 saturated heterocycles. The van der Waals surface area contributed by atoms with Crippen LogP contribution in [0, 0.1) is 0 Å². The maximum atomic E-state index is 3.54. The summed E-state index contributed by atoms with van der Waals surface area (Å²) in [5.41, 5.74) is 0. The average molecular weight is 689 g/mol. The van der Waals surface area contributed by atoms with E-state index in [9.17, 15) is 0 Å². The van der Waals surface area contributed by atoms with Gasteiger partial charge in [-0.1, -0.05) is 127 Å². The Labute approximate surface area is 139 Å². The summed E-state index contributed by atoms with van der Waals surface area (Å²) in [5.74, 6) is 0. The number of halogens is 8. The molecule has 0 aliphatic heterocycles. The lowest BCUT2D eigenvalue weighted by Crippen LogP contribution is -2.43. The Morgan fingerprint density at radius 1 is 0.583 bits per heavy atom. The van der Waals surface area contributed by atoms with E-state index in [2.05, 4.69) is 127 Å². The largest absolute Gasteiger partial charge is 0.129 e. The van der Waals surface area contributed by atoms with Gasteiger partial charge in [-0.2, -0.15) is 0 Å². The first kappa shape index (κ1) is 15.8. The van der Waals surface area contributed by atoms with Crippen LogP contribution in [-0.2, 0) is 0 Å². The number of hydrogen-bond donors (Lipinski definition) is 0. The summed E-state index contributed by atoms with van der Waals surface area (Å²) in [6.45, 7) is 0. The third kappa shape index (κ3) is 3.70. The van der Waals surface area contributed by atoms with Crippen LogP contribution in [0.5, 0.6) is 0 Å². The molecule has 74 valence electrons.